The topological polar surface area (TPSA) is 108 Å². The Morgan fingerprint density at radius 2 is 1.66 bits per heavy atom. The molecule has 2 aromatic carbocycles. The Labute approximate surface area is 212 Å². The van der Waals surface area contributed by atoms with Crippen LogP contribution in [0, 0.1) is 6.92 Å². The number of carbonyl (C=O) groups excluding carboxylic acids is 2. The molecule has 2 amide bonds. The summed E-state index contributed by atoms with van der Waals surface area (Å²) in [6.07, 6.45) is 0.970. The number of hydrogen-bond acceptors (Lipinski definition) is 7. The van der Waals surface area contributed by atoms with Gasteiger partial charge < -0.3 is 26.6 Å². The van der Waals surface area contributed by atoms with E-state index in [0.717, 1.165) is 52.2 Å². The predicted octanol–water partition coefficient (Wildman–Crippen LogP) is 1.92. The summed E-state index contributed by atoms with van der Waals surface area (Å²) in [5.74, 6) is -0.886. The molecule has 0 radical (unpaired) electrons. The van der Waals surface area contributed by atoms with Crippen molar-refractivity contribution in [1.29, 1.82) is 0 Å². The first kappa shape index (κ1) is 25.5. The number of para-hydroxylation sites is 1. The van der Waals surface area contributed by atoms with Crippen molar-refractivity contribution in [2.75, 3.05) is 57.3 Å². The van der Waals surface area contributed by atoms with Gasteiger partial charge in [0.25, 0.3) is 0 Å². The lowest BCUT2D eigenvalue weighted by Crippen LogP contribution is -2.50. The van der Waals surface area contributed by atoms with Gasteiger partial charge >= 0.3 is 0 Å². The maximum absolute atomic E-state index is 11.9. The minimum atomic E-state index is -0.870. The SMILES string of the molecule is Cc1ccc2c(c1)N(CCCN1CCN(CCNC(=O)[C@@H](N)CC(N)=O)CC1)c1ccccc1S2. The molecule has 35 heavy (non-hydrogen) atoms. The van der Waals surface area contributed by atoms with Gasteiger partial charge in [0, 0.05) is 55.6 Å². The second kappa shape index (κ2) is 11.9. The Kier molecular flexibility index (Phi) is 8.67. The van der Waals surface area contributed by atoms with Gasteiger partial charge in [0.1, 0.15) is 0 Å². The molecule has 0 unspecified atom stereocenters. The summed E-state index contributed by atoms with van der Waals surface area (Å²) in [4.78, 5) is 32.8. The molecule has 188 valence electrons. The van der Waals surface area contributed by atoms with Crippen LogP contribution in [0.15, 0.2) is 52.3 Å². The summed E-state index contributed by atoms with van der Waals surface area (Å²) < 4.78 is 0. The number of carbonyl (C=O) groups is 2. The first-order valence-electron chi connectivity index (χ1n) is 12.3. The smallest absolute Gasteiger partial charge is 0.237 e. The summed E-state index contributed by atoms with van der Waals surface area (Å²) in [7, 11) is 0. The summed E-state index contributed by atoms with van der Waals surface area (Å²) in [5, 5.41) is 2.80. The number of rotatable bonds is 10. The van der Waals surface area contributed by atoms with Crippen molar-refractivity contribution in [1.82, 2.24) is 15.1 Å². The standard InChI is InChI=1S/C26H36N6O2S/c1-19-7-8-24-22(17-19)32(21-5-2-3-6-23(21)35-24)11-4-10-30-13-15-31(16-14-30)12-9-29-26(34)20(27)18-25(28)33/h2-3,5-8,17,20H,4,9-16,18,27H2,1H3,(H2,28,33)(H,29,34)/t20-/m0/s1. The van der Waals surface area contributed by atoms with E-state index in [-0.39, 0.29) is 12.3 Å². The highest BCUT2D eigenvalue weighted by molar-refractivity contribution is 7.99. The first-order chi connectivity index (χ1) is 16.9. The van der Waals surface area contributed by atoms with E-state index in [0.29, 0.717) is 6.54 Å². The molecule has 1 atom stereocenters. The van der Waals surface area contributed by atoms with E-state index in [1.165, 1.54) is 26.7 Å². The largest absolute Gasteiger partial charge is 0.370 e. The van der Waals surface area contributed by atoms with E-state index in [1.54, 1.807) is 0 Å². The van der Waals surface area contributed by atoms with Crippen molar-refractivity contribution >= 4 is 35.0 Å². The number of hydrogen-bond donors (Lipinski definition) is 3. The molecule has 8 nitrogen and oxygen atoms in total. The molecule has 2 aromatic rings. The van der Waals surface area contributed by atoms with Crippen molar-refractivity contribution in [2.45, 2.75) is 35.6 Å². The number of benzene rings is 2. The number of primary amides is 1. The minimum absolute atomic E-state index is 0.127. The van der Waals surface area contributed by atoms with Gasteiger partial charge in [-0.2, -0.15) is 0 Å². The van der Waals surface area contributed by atoms with E-state index in [1.807, 2.05) is 11.8 Å². The summed E-state index contributed by atoms with van der Waals surface area (Å²) in [6, 6.07) is 14.5. The first-order valence-corrected chi connectivity index (χ1v) is 13.1. The highest BCUT2D eigenvalue weighted by atomic mass is 32.2. The molecule has 2 aliphatic heterocycles. The van der Waals surface area contributed by atoms with Crippen LogP contribution in [0.1, 0.15) is 18.4 Å². The van der Waals surface area contributed by atoms with Crippen LogP contribution in [-0.2, 0) is 9.59 Å². The molecule has 0 bridgehead atoms. The van der Waals surface area contributed by atoms with E-state index < -0.39 is 11.9 Å². The number of fused-ring (bicyclic) bond motifs is 2. The van der Waals surface area contributed by atoms with Gasteiger partial charge in [-0.25, -0.2) is 0 Å². The Morgan fingerprint density at radius 3 is 2.40 bits per heavy atom. The number of nitrogens with two attached hydrogens (primary N) is 2. The van der Waals surface area contributed by atoms with Crippen LogP contribution in [0.5, 0.6) is 0 Å². The number of nitrogens with zero attached hydrogens (tertiary/aromatic N) is 3. The molecule has 2 aliphatic rings. The molecule has 9 heteroatoms. The van der Waals surface area contributed by atoms with Crippen molar-refractivity contribution in [2.24, 2.45) is 11.5 Å². The van der Waals surface area contributed by atoms with E-state index >= 15 is 0 Å². The zero-order valence-corrected chi connectivity index (χ0v) is 21.2. The monoisotopic (exact) mass is 496 g/mol. The number of piperazine rings is 1. The number of anilines is 2. The Morgan fingerprint density at radius 1 is 0.971 bits per heavy atom. The van der Waals surface area contributed by atoms with Crippen LogP contribution in [-0.4, -0.2) is 80.0 Å². The average Bonchev–Trinajstić information content (AvgIpc) is 2.84. The Balaban J connectivity index is 1.21. The maximum Gasteiger partial charge on any atom is 0.237 e. The third-order valence-corrected chi connectivity index (χ3v) is 7.72. The highest BCUT2D eigenvalue weighted by Crippen LogP contribution is 2.48. The van der Waals surface area contributed by atoms with Gasteiger partial charge in [0.15, 0.2) is 0 Å². The van der Waals surface area contributed by atoms with Gasteiger partial charge in [-0.15, -0.1) is 0 Å². The molecular weight excluding hydrogens is 460 g/mol. The Bertz CT molecular complexity index is 1040. The highest BCUT2D eigenvalue weighted by Gasteiger charge is 2.24. The second-order valence-electron chi connectivity index (χ2n) is 9.30. The molecule has 0 aromatic heterocycles. The number of nitrogens with one attached hydrogen (secondary N) is 1. The zero-order chi connectivity index (χ0) is 24.8. The zero-order valence-electron chi connectivity index (χ0n) is 20.4. The Hall–Kier alpha value is -2.59. The fourth-order valence-corrected chi connectivity index (χ4v) is 5.72. The van der Waals surface area contributed by atoms with Gasteiger partial charge in [-0.3, -0.25) is 14.5 Å². The molecule has 4 rings (SSSR count). The third-order valence-electron chi connectivity index (χ3n) is 6.59. The molecule has 5 N–H and O–H groups in total. The normalized spacial score (nSPS) is 16.9. The quantitative estimate of drug-likeness (QED) is 0.461. The van der Waals surface area contributed by atoms with E-state index in [4.69, 9.17) is 11.5 Å². The molecule has 2 heterocycles. The van der Waals surface area contributed by atoms with Crippen molar-refractivity contribution in [3.8, 4) is 0 Å². The fourth-order valence-electron chi connectivity index (χ4n) is 4.65. The summed E-state index contributed by atoms with van der Waals surface area (Å²) >= 11 is 1.86. The van der Waals surface area contributed by atoms with E-state index in [9.17, 15) is 9.59 Å². The van der Waals surface area contributed by atoms with Gasteiger partial charge in [-0.05, 0) is 49.7 Å². The van der Waals surface area contributed by atoms with Crippen LogP contribution in [0.4, 0.5) is 11.4 Å². The van der Waals surface area contributed by atoms with Crippen LogP contribution in [0.25, 0.3) is 0 Å². The molecule has 0 saturated carbocycles. The molecule has 1 saturated heterocycles. The average molecular weight is 497 g/mol. The molecule has 0 spiro atoms. The maximum atomic E-state index is 11.9. The lowest BCUT2D eigenvalue weighted by molar-refractivity contribution is -0.126. The van der Waals surface area contributed by atoms with Crippen LogP contribution in [0.3, 0.4) is 0 Å². The van der Waals surface area contributed by atoms with Crippen molar-refractivity contribution in [3.63, 3.8) is 0 Å². The van der Waals surface area contributed by atoms with Crippen molar-refractivity contribution < 1.29 is 9.59 Å². The number of amides is 2. The van der Waals surface area contributed by atoms with Crippen LogP contribution in [0.2, 0.25) is 0 Å². The van der Waals surface area contributed by atoms with Gasteiger partial charge in [0.05, 0.1) is 23.8 Å². The van der Waals surface area contributed by atoms with Crippen LogP contribution < -0.4 is 21.7 Å². The van der Waals surface area contributed by atoms with E-state index in [2.05, 4.69) is 69.4 Å². The predicted molar refractivity (Wildman–Crippen MR) is 141 cm³/mol. The van der Waals surface area contributed by atoms with Gasteiger partial charge in [0.2, 0.25) is 11.8 Å². The minimum Gasteiger partial charge on any atom is -0.370 e. The molecular formula is C26H36N6O2S. The van der Waals surface area contributed by atoms with Crippen molar-refractivity contribution in [3.05, 3.63) is 48.0 Å². The molecule has 0 aliphatic carbocycles. The third kappa shape index (κ3) is 6.76. The van der Waals surface area contributed by atoms with Crippen LogP contribution >= 0.6 is 11.8 Å². The molecule has 1 fully saturated rings. The lowest BCUT2D eigenvalue weighted by Gasteiger charge is -2.36. The number of aryl methyl sites for hydroxylation is 1. The van der Waals surface area contributed by atoms with Gasteiger partial charge in [-0.1, -0.05) is 30.0 Å². The fraction of sp³-hybridized carbons (Fsp3) is 0.462. The lowest BCUT2D eigenvalue weighted by atomic mass is 10.1. The summed E-state index contributed by atoms with van der Waals surface area (Å²) in [5.41, 5.74) is 14.7. The second-order valence-corrected chi connectivity index (χ2v) is 10.4. The summed E-state index contributed by atoms with van der Waals surface area (Å²) in [6.45, 7) is 9.53.